The summed E-state index contributed by atoms with van der Waals surface area (Å²) in [5.74, 6) is -0.734. The lowest BCUT2D eigenvalue weighted by Crippen LogP contribution is -2.42. The van der Waals surface area contributed by atoms with Crippen molar-refractivity contribution in [3.05, 3.63) is 18.0 Å². The van der Waals surface area contributed by atoms with Gasteiger partial charge in [0.1, 0.15) is 5.41 Å². The zero-order chi connectivity index (χ0) is 14.3. The molecule has 3 heterocycles. The van der Waals surface area contributed by atoms with Crippen molar-refractivity contribution in [2.45, 2.75) is 64.2 Å². The Hall–Kier alpha value is -1.36. The first-order chi connectivity index (χ1) is 9.55. The molecule has 2 saturated heterocycles. The van der Waals surface area contributed by atoms with Gasteiger partial charge in [-0.3, -0.25) is 9.48 Å². The van der Waals surface area contributed by atoms with Gasteiger partial charge in [0.25, 0.3) is 0 Å². The normalized spacial score (nSPS) is 33.5. The number of aromatic nitrogens is 2. The van der Waals surface area contributed by atoms with Crippen molar-refractivity contribution in [3.63, 3.8) is 0 Å². The standard InChI is InChI=1S/C15H22N2O3/c1-3-10(2)17-7-6-11(16-17)8-15(14(18)19)9-12-4-5-13(15)20-12/h6-7,10,12-13H,3-5,8-9H2,1-2H3,(H,18,19). The summed E-state index contributed by atoms with van der Waals surface area (Å²) in [7, 11) is 0. The van der Waals surface area contributed by atoms with Crippen molar-refractivity contribution in [2.75, 3.05) is 0 Å². The van der Waals surface area contributed by atoms with Crippen LogP contribution in [-0.2, 0) is 16.0 Å². The molecule has 110 valence electrons. The molecule has 5 nitrogen and oxygen atoms in total. The minimum atomic E-state index is -0.766. The number of carboxylic acids is 1. The van der Waals surface area contributed by atoms with Crippen molar-refractivity contribution in [1.29, 1.82) is 0 Å². The third-order valence-electron chi connectivity index (χ3n) is 4.94. The van der Waals surface area contributed by atoms with Gasteiger partial charge in [-0.25, -0.2) is 0 Å². The van der Waals surface area contributed by atoms with Crippen molar-refractivity contribution in [3.8, 4) is 0 Å². The lowest BCUT2D eigenvalue weighted by atomic mass is 9.71. The monoisotopic (exact) mass is 278 g/mol. The Morgan fingerprint density at radius 3 is 3.00 bits per heavy atom. The number of nitrogens with zero attached hydrogens (tertiary/aromatic N) is 2. The van der Waals surface area contributed by atoms with Gasteiger partial charge in [0, 0.05) is 18.7 Å². The maximum atomic E-state index is 11.8. The van der Waals surface area contributed by atoms with Crippen LogP contribution in [0, 0.1) is 5.41 Å². The molecule has 2 aliphatic rings. The number of carbonyl (C=O) groups is 1. The molecule has 4 unspecified atom stereocenters. The van der Waals surface area contributed by atoms with Crippen LogP contribution in [0.25, 0.3) is 0 Å². The van der Waals surface area contributed by atoms with Crippen LogP contribution in [0.1, 0.15) is 51.3 Å². The lowest BCUT2D eigenvalue weighted by Gasteiger charge is -2.30. The Morgan fingerprint density at radius 2 is 2.45 bits per heavy atom. The van der Waals surface area contributed by atoms with Gasteiger partial charge in [0.15, 0.2) is 0 Å². The molecule has 0 amide bonds. The zero-order valence-corrected chi connectivity index (χ0v) is 12.1. The molecule has 20 heavy (non-hydrogen) atoms. The number of aliphatic carboxylic acids is 1. The summed E-state index contributed by atoms with van der Waals surface area (Å²) in [4.78, 5) is 11.8. The highest BCUT2D eigenvalue weighted by molar-refractivity contribution is 5.76. The van der Waals surface area contributed by atoms with Gasteiger partial charge in [-0.15, -0.1) is 0 Å². The molecule has 0 aliphatic carbocycles. The van der Waals surface area contributed by atoms with Crippen LogP contribution in [0.5, 0.6) is 0 Å². The summed E-state index contributed by atoms with van der Waals surface area (Å²) in [6.07, 6.45) is 5.93. The van der Waals surface area contributed by atoms with E-state index in [1.54, 1.807) is 0 Å². The summed E-state index contributed by atoms with van der Waals surface area (Å²) in [6.45, 7) is 4.24. The molecule has 1 N–H and O–H groups in total. The number of hydrogen-bond donors (Lipinski definition) is 1. The first kappa shape index (κ1) is 13.6. The Bertz CT molecular complexity index is 513. The van der Waals surface area contributed by atoms with Crippen LogP contribution in [0.2, 0.25) is 0 Å². The van der Waals surface area contributed by atoms with Gasteiger partial charge < -0.3 is 9.84 Å². The minimum Gasteiger partial charge on any atom is -0.481 e. The van der Waals surface area contributed by atoms with Crippen molar-refractivity contribution in [2.24, 2.45) is 5.41 Å². The average molecular weight is 278 g/mol. The van der Waals surface area contributed by atoms with Crippen LogP contribution < -0.4 is 0 Å². The quantitative estimate of drug-likeness (QED) is 0.898. The Labute approximate surface area is 118 Å². The maximum absolute atomic E-state index is 11.8. The first-order valence-electron chi connectivity index (χ1n) is 7.48. The van der Waals surface area contributed by atoms with E-state index in [0.29, 0.717) is 18.9 Å². The van der Waals surface area contributed by atoms with E-state index in [1.165, 1.54) is 0 Å². The second-order valence-corrected chi connectivity index (χ2v) is 6.21. The number of hydrogen-bond acceptors (Lipinski definition) is 3. The van der Waals surface area contributed by atoms with Crippen molar-refractivity contribution < 1.29 is 14.6 Å². The van der Waals surface area contributed by atoms with E-state index < -0.39 is 11.4 Å². The van der Waals surface area contributed by atoms with E-state index >= 15 is 0 Å². The van der Waals surface area contributed by atoms with E-state index in [4.69, 9.17) is 4.74 Å². The molecular formula is C15H22N2O3. The molecule has 2 aliphatic heterocycles. The SMILES string of the molecule is CCC(C)n1ccc(CC2(C(=O)O)CC3CCC2O3)n1. The van der Waals surface area contributed by atoms with Crippen LogP contribution in [0.4, 0.5) is 0 Å². The summed E-state index contributed by atoms with van der Waals surface area (Å²) < 4.78 is 7.71. The fourth-order valence-corrected chi connectivity index (χ4v) is 3.51. The number of rotatable bonds is 5. The molecule has 0 saturated carbocycles. The third kappa shape index (κ3) is 2.04. The molecule has 2 fully saturated rings. The van der Waals surface area contributed by atoms with Crippen LogP contribution in [-0.4, -0.2) is 33.1 Å². The molecule has 4 atom stereocenters. The molecule has 0 aromatic carbocycles. The molecule has 5 heteroatoms. The van der Waals surface area contributed by atoms with Crippen molar-refractivity contribution >= 4 is 5.97 Å². The number of fused-ring (bicyclic) bond motifs is 2. The second kappa shape index (κ2) is 4.88. The Balaban J connectivity index is 1.81. The van der Waals surface area contributed by atoms with Gasteiger partial charge in [0.2, 0.25) is 0 Å². The zero-order valence-electron chi connectivity index (χ0n) is 12.1. The highest BCUT2D eigenvalue weighted by atomic mass is 16.5. The van der Waals surface area contributed by atoms with E-state index in [0.717, 1.165) is 25.0 Å². The summed E-state index contributed by atoms with van der Waals surface area (Å²) in [5.41, 5.74) is 0.0984. The smallest absolute Gasteiger partial charge is 0.312 e. The molecule has 0 spiro atoms. The highest BCUT2D eigenvalue weighted by Gasteiger charge is 2.57. The fourth-order valence-electron chi connectivity index (χ4n) is 3.51. The third-order valence-corrected chi connectivity index (χ3v) is 4.94. The molecule has 1 aromatic rings. The Morgan fingerprint density at radius 1 is 1.65 bits per heavy atom. The molecular weight excluding hydrogens is 256 g/mol. The average Bonchev–Trinajstić information content (AvgIpc) is 3.13. The van der Waals surface area contributed by atoms with E-state index in [1.807, 2.05) is 16.9 Å². The van der Waals surface area contributed by atoms with E-state index in [2.05, 4.69) is 18.9 Å². The van der Waals surface area contributed by atoms with Gasteiger partial charge in [-0.2, -0.15) is 5.10 Å². The maximum Gasteiger partial charge on any atom is 0.312 e. The van der Waals surface area contributed by atoms with E-state index in [-0.39, 0.29) is 12.2 Å². The molecule has 2 bridgehead atoms. The molecule has 3 rings (SSSR count). The molecule has 0 radical (unpaired) electrons. The topological polar surface area (TPSA) is 64.4 Å². The van der Waals surface area contributed by atoms with Gasteiger partial charge in [-0.1, -0.05) is 6.92 Å². The number of carboxylic acid groups (broad SMARTS) is 1. The summed E-state index contributed by atoms with van der Waals surface area (Å²) in [5, 5.41) is 14.2. The fraction of sp³-hybridized carbons (Fsp3) is 0.733. The Kier molecular flexibility index (Phi) is 3.32. The second-order valence-electron chi connectivity index (χ2n) is 6.21. The van der Waals surface area contributed by atoms with Gasteiger partial charge >= 0.3 is 5.97 Å². The summed E-state index contributed by atoms with van der Waals surface area (Å²) in [6, 6.07) is 2.30. The largest absolute Gasteiger partial charge is 0.481 e. The first-order valence-corrected chi connectivity index (χ1v) is 7.48. The molecule has 1 aromatic heterocycles. The number of ether oxygens (including phenoxy) is 1. The van der Waals surface area contributed by atoms with Crippen LogP contribution in [0.15, 0.2) is 12.3 Å². The summed E-state index contributed by atoms with van der Waals surface area (Å²) >= 11 is 0. The lowest BCUT2D eigenvalue weighted by molar-refractivity contribution is -0.152. The van der Waals surface area contributed by atoms with Gasteiger partial charge in [0.05, 0.1) is 17.9 Å². The van der Waals surface area contributed by atoms with Crippen LogP contribution >= 0.6 is 0 Å². The van der Waals surface area contributed by atoms with E-state index in [9.17, 15) is 9.90 Å². The minimum absolute atomic E-state index is 0.132. The van der Waals surface area contributed by atoms with Crippen molar-refractivity contribution in [1.82, 2.24) is 9.78 Å². The predicted octanol–water partition coefficient (Wildman–Crippen LogP) is 2.42. The van der Waals surface area contributed by atoms with Crippen LogP contribution in [0.3, 0.4) is 0 Å². The van der Waals surface area contributed by atoms with Gasteiger partial charge in [-0.05, 0) is 38.7 Å². The predicted molar refractivity (Wildman–Crippen MR) is 73.5 cm³/mol. The highest BCUT2D eigenvalue weighted by Crippen LogP contribution is 2.49.